The van der Waals surface area contributed by atoms with E-state index < -0.39 is 12.6 Å². The second kappa shape index (κ2) is 6.49. The van der Waals surface area contributed by atoms with Crippen LogP contribution in [-0.4, -0.2) is 37.8 Å². The molecule has 1 aromatic carbocycles. The summed E-state index contributed by atoms with van der Waals surface area (Å²) in [7, 11) is 1.63. The highest BCUT2D eigenvalue weighted by Gasteiger charge is 2.26. The number of nitrogen functional groups attached to an aromatic ring is 1. The molecule has 1 aromatic rings. The molecule has 0 aliphatic heterocycles. The van der Waals surface area contributed by atoms with Crippen LogP contribution < -0.4 is 10.5 Å². The lowest BCUT2D eigenvalue weighted by atomic mass is 10.3. The van der Waals surface area contributed by atoms with Crippen molar-refractivity contribution in [3.8, 4) is 5.75 Å². The largest absolute Gasteiger partial charge is 0.492 e. The van der Waals surface area contributed by atoms with Gasteiger partial charge in [0.2, 0.25) is 0 Å². The predicted octanol–water partition coefficient (Wildman–Crippen LogP) is 2.53. The van der Waals surface area contributed by atoms with Crippen molar-refractivity contribution in [2.75, 3.05) is 32.5 Å². The highest BCUT2D eigenvalue weighted by atomic mass is 19.4. The molecule has 3 nitrogen and oxygen atoms in total. The van der Waals surface area contributed by atoms with Crippen molar-refractivity contribution in [2.45, 2.75) is 12.6 Å². The zero-order valence-corrected chi connectivity index (χ0v) is 10.2. The van der Waals surface area contributed by atoms with Gasteiger partial charge in [0.1, 0.15) is 12.4 Å². The summed E-state index contributed by atoms with van der Waals surface area (Å²) in [5.41, 5.74) is 6.17. The van der Waals surface area contributed by atoms with Crippen LogP contribution in [0.1, 0.15) is 6.42 Å². The van der Waals surface area contributed by atoms with Crippen molar-refractivity contribution in [3.05, 3.63) is 24.3 Å². The van der Waals surface area contributed by atoms with Crippen LogP contribution in [0.4, 0.5) is 18.9 Å². The van der Waals surface area contributed by atoms with Gasteiger partial charge < -0.3 is 15.4 Å². The number of halogens is 3. The fourth-order valence-corrected chi connectivity index (χ4v) is 1.35. The SMILES string of the molecule is CN(CCOc1cccc(N)c1)CCC(F)(F)F. The summed E-state index contributed by atoms with van der Waals surface area (Å²) in [6.45, 7) is 0.743. The van der Waals surface area contributed by atoms with Crippen molar-refractivity contribution in [1.82, 2.24) is 4.90 Å². The Balaban J connectivity index is 2.21. The summed E-state index contributed by atoms with van der Waals surface area (Å²) in [6.07, 6.45) is -4.91. The lowest BCUT2D eigenvalue weighted by Gasteiger charge is -2.17. The monoisotopic (exact) mass is 262 g/mol. The number of likely N-dealkylation sites (N-methyl/N-ethyl adjacent to an activating group) is 1. The van der Waals surface area contributed by atoms with E-state index in [2.05, 4.69) is 0 Å². The average Bonchev–Trinajstić information content (AvgIpc) is 2.25. The zero-order valence-electron chi connectivity index (χ0n) is 10.2. The minimum Gasteiger partial charge on any atom is -0.492 e. The van der Waals surface area contributed by atoms with Crippen molar-refractivity contribution in [2.24, 2.45) is 0 Å². The van der Waals surface area contributed by atoms with Gasteiger partial charge in [-0.2, -0.15) is 13.2 Å². The predicted molar refractivity (Wildman–Crippen MR) is 64.5 cm³/mol. The van der Waals surface area contributed by atoms with Crippen LogP contribution in [0.3, 0.4) is 0 Å². The Labute approximate surface area is 104 Å². The molecular weight excluding hydrogens is 245 g/mol. The van der Waals surface area contributed by atoms with Gasteiger partial charge in [0.25, 0.3) is 0 Å². The maximum Gasteiger partial charge on any atom is 0.390 e. The Morgan fingerprint density at radius 3 is 2.61 bits per heavy atom. The first kappa shape index (κ1) is 14.6. The van der Waals surface area contributed by atoms with Crippen LogP contribution in [0.25, 0.3) is 0 Å². The Morgan fingerprint density at radius 1 is 1.28 bits per heavy atom. The molecule has 102 valence electrons. The molecule has 0 atom stereocenters. The molecule has 6 heteroatoms. The molecule has 0 aliphatic rings. The third kappa shape index (κ3) is 6.34. The van der Waals surface area contributed by atoms with Crippen molar-refractivity contribution < 1.29 is 17.9 Å². The molecule has 0 aromatic heterocycles. The quantitative estimate of drug-likeness (QED) is 0.801. The van der Waals surface area contributed by atoms with Crippen LogP contribution >= 0.6 is 0 Å². The van der Waals surface area contributed by atoms with Crippen LogP contribution in [0.5, 0.6) is 5.75 Å². The molecule has 0 saturated heterocycles. The van der Waals surface area contributed by atoms with E-state index in [9.17, 15) is 13.2 Å². The fourth-order valence-electron chi connectivity index (χ4n) is 1.35. The minimum absolute atomic E-state index is 0.0240. The van der Waals surface area contributed by atoms with Crippen LogP contribution in [0.15, 0.2) is 24.3 Å². The summed E-state index contributed by atoms with van der Waals surface area (Å²) in [5, 5.41) is 0. The van der Waals surface area contributed by atoms with Gasteiger partial charge in [0, 0.05) is 24.8 Å². The first-order chi connectivity index (χ1) is 8.37. The van der Waals surface area contributed by atoms with Crippen LogP contribution in [0.2, 0.25) is 0 Å². The molecule has 1 rings (SSSR count). The number of anilines is 1. The molecule has 0 heterocycles. The second-order valence-electron chi connectivity index (χ2n) is 4.09. The number of alkyl halides is 3. The number of hydrogen-bond acceptors (Lipinski definition) is 3. The summed E-state index contributed by atoms with van der Waals surface area (Å²) in [6, 6.07) is 6.93. The molecule has 0 radical (unpaired) electrons. The first-order valence-corrected chi connectivity index (χ1v) is 5.60. The van der Waals surface area contributed by atoms with Gasteiger partial charge in [-0.1, -0.05) is 6.07 Å². The van der Waals surface area contributed by atoms with Gasteiger partial charge in [-0.15, -0.1) is 0 Å². The first-order valence-electron chi connectivity index (χ1n) is 5.60. The molecule has 0 spiro atoms. The van der Waals surface area contributed by atoms with Gasteiger partial charge in [-0.3, -0.25) is 0 Å². The number of benzene rings is 1. The maximum atomic E-state index is 12.0. The van der Waals surface area contributed by atoms with Gasteiger partial charge in [0.15, 0.2) is 0 Å². The van der Waals surface area contributed by atoms with E-state index in [-0.39, 0.29) is 6.54 Å². The van der Waals surface area contributed by atoms with E-state index in [1.165, 1.54) is 0 Å². The molecule has 0 saturated carbocycles. The summed E-state index contributed by atoms with van der Waals surface area (Å²) < 4.78 is 41.3. The molecule has 0 amide bonds. The lowest BCUT2D eigenvalue weighted by molar-refractivity contribution is -0.137. The van der Waals surface area contributed by atoms with Gasteiger partial charge >= 0.3 is 6.18 Å². The Kier molecular flexibility index (Phi) is 5.27. The zero-order chi connectivity index (χ0) is 13.6. The highest BCUT2D eigenvalue weighted by molar-refractivity contribution is 5.43. The van der Waals surface area contributed by atoms with Gasteiger partial charge in [0.05, 0.1) is 6.42 Å². The molecule has 2 N–H and O–H groups in total. The van der Waals surface area contributed by atoms with E-state index in [1.807, 2.05) is 0 Å². The van der Waals surface area contributed by atoms with Crippen molar-refractivity contribution in [3.63, 3.8) is 0 Å². The molecular formula is C12H17F3N2O. The molecule has 18 heavy (non-hydrogen) atoms. The normalized spacial score (nSPS) is 11.8. The van der Waals surface area contributed by atoms with E-state index in [0.717, 1.165) is 0 Å². The highest BCUT2D eigenvalue weighted by Crippen LogP contribution is 2.19. The standard InChI is InChI=1S/C12H17F3N2O/c1-17(6-5-12(13,14)15)7-8-18-11-4-2-3-10(16)9-11/h2-4,9H,5-8,16H2,1H3. The van der Waals surface area contributed by atoms with Gasteiger partial charge in [-0.25, -0.2) is 0 Å². The van der Waals surface area contributed by atoms with E-state index in [4.69, 9.17) is 10.5 Å². The van der Waals surface area contributed by atoms with E-state index in [0.29, 0.717) is 24.6 Å². The molecule has 0 bridgehead atoms. The Hall–Kier alpha value is -1.43. The summed E-state index contributed by atoms with van der Waals surface area (Å²) >= 11 is 0. The molecule has 0 fully saturated rings. The average molecular weight is 262 g/mol. The van der Waals surface area contributed by atoms with Gasteiger partial charge in [-0.05, 0) is 19.2 Å². The number of nitrogens with two attached hydrogens (primary N) is 1. The number of ether oxygens (including phenoxy) is 1. The second-order valence-corrected chi connectivity index (χ2v) is 4.09. The van der Waals surface area contributed by atoms with Crippen molar-refractivity contribution in [1.29, 1.82) is 0 Å². The van der Waals surface area contributed by atoms with Crippen molar-refractivity contribution >= 4 is 5.69 Å². The molecule has 0 aliphatic carbocycles. The number of nitrogens with zero attached hydrogens (tertiary/aromatic N) is 1. The maximum absolute atomic E-state index is 12.0. The smallest absolute Gasteiger partial charge is 0.390 e. The van der Waals surface area contributed by atoms with E-state index in [1.54, 1.807) is 36.2 Å². The number of rotatable bonds is 6. The third-order valence-electron chi connectivity index (χ3n) is 2.38. The number of hydrogen-bond donors (Lipinski definition) is 1. The Bertz CT molecular complexity index is 369. The molecule has 0 unspecified atom stereocenters. The van der Waals surface area contributed by atoms with E-state index >= 15 is 0 Å². The fraction of sp³-hybridized carbons (Fsp3) is 0.500. The van der Waals surface area contributed by atoms with Crippen LogP contribution in [0, 0.1) is 0 Å². The summed E-state index contributed by atoms with van der Waals surface area (Å²) in [4.78, 5) is 1.58. The Morgan fingerprint density at radius 2 is 2.00 bits per heavy atom. The topological polar surface area (TPSA) is 38.5 Å². The lowest BCUT2D eigenvalue weighted by Crippen LogP contribution is -2.28. The third-order valence-corrected chi connectivity index (χ3v) is 2.38. The van der Waals surface area contributed by atoms with Crippen LogP contribution in [-0.2, 0) is 0 Å². The summed E-state index contributed by atoms with van der Waals surface area (Å²) in [5.74, 6) is 0.624. The minimum atomic E-state index is -4.11.